The molecule has 3 N–H and O–H groups in total. The summed E-state index contributed by atoms with van der Waals surface area (Å²) < 4.78 is 42.4. The fourth-order valence-corrected chi connectivity index (χ4v) is 6.52. The summed E-state index contributed by atoms with van der Waals surface area (Å²) in [6, 6.07) is 19.3. The molecule has 0 aliphatic heterocycles. The minimum atomic E-state index is -3.92. The van der Waals surface area contributed by atoms with Crippen LogP contribution < -0.4 is 5.32 Å². The monoisotopic (exact) mass is 598 g/mol. The van der Waals surface area contributed by atoms with E-state index in [-0.39, 0.29) is 36.4 Å². The van der Waals surface area contributed by atoms with Crippen molar-refractivity contribution in [1.82, 2.24) is 9.62 Å². The third-order valence-electron chi connectivity index (χ3n) is 7.51. The second kappa shape index (κ2) is 14.9. The quantitative estimate of drug-likeness (QED) is 0.203. The first-order valence-electron chi connectivity index (χ1n) is 14.4. The maximum Gasteiger partial charge on any atom is 0.303 e. The third kappa shape index (κ3) is 9.46. The summed E-state index contributed by atoms with van der Waals surface area (Å²) in [5.74, 6) is -1.41. The topological polar surface area (TPSA) is 107 Å². The zero-order chi connectivity index (χ0) is 30.9. The van der Waals surface area contributed by atoms with E-state index >= 15 is 0 Å². The van der Waals surface area contributed by atoms with Crippen LogP contribution in [0.2, 0.25) is 0 Å². The number of carboxylic acid groups (broad SMARTS) is 1. The number of hydrogen-bond acceptors (Lipinski definition) is 5. The van der Waals surface area contributed by atoms with E-state index < -0.39 is 27.9 Å². The molecule has 1 unspecified atom stereocenters. The smallest absolute Gasteiger partial charge is 0.303 e. The second-order valence-electron chi connectivity index (χ2n) is 11.4. The van der Waals surface area contributed by atoms with E-state index in [1.54, 1.807) is 18.2 Å². The average molecular weight is 599 g/mol. The fraction of sp³-hybridized carbons (Fsp3) is 0.424. The van der Waals surface area contributed by atoms with Crippen LogP contribution in [0.3, 0.4) is 0 Å². The zero-order valence-corrected chi connectivity index (χ0v) is 25.8. The Morgan fingerprint density at radius 1 is 1.02 bits per heavy atom. The zero-order valence-electron chi connectivity index (χ0n) is 24.9. The molecule has 3 aromatic rings. The standard InChI is InChI=1S/C33H43FN2O5S/c1-5-25-20-27(30-21-28(34)16-13-26(30)15-18-32(38)39)14-17-31(25)42(40,41)36(4)23-29(37)22-35-33(2,3)19-9-12-24-10-7-6-8-11-24/h6-8,10-11,13-14,16-17,20-21,29,35,37H,5,9,12,15,18-19,22-23H2,1-4H3,(H,38,39). The number of benzene rings is 3. The Kier molecular flexibility index (Phi) is 11.8. The van der Waals surface area contributed by atoms with E-state index in [0.717, 1.165) is 23.6 Å². The van der Waals surface area contributed by atoms with Crippen LogP contribution in [0.5, 0.6) is 0 Å². The Hall–Kier alpha value is -3.11. The van der Waals surface area contributed by atoms with Gasteiger partial charge in [-0.3, -0.25) is 4.79 Å². The van der Waals surface area contributed by atoms with Gasteiger partial charge in [0.2, 0.25) is 10.0 Å². The molecular formula is C33H43FN2O5S. The predicted molar refractivity (Wildman–Crippen MR) is 164 cm³/mol. The number of nitrogens with one attached hydrogen (secondary N) is 1. The summed E-state index contributed by atoms with van der Waals surface area (Å²) in [7, 11) is -2.47. The number of aliphatic hydroxyl groups excluding tert-OH is 1. The number of sulfonamides is 1. The number of carboxylic acids is 1. The number of likely N-dealkylation sites (N-methyl/N-ethyl adjacent to an activating group) is 1. The van der Waals surface area contributed by atoms with Crippen LogP contribution in [0.15, 0.2) is 71.6 Å². The van der Waals surface area contributed by atoms with Crippen LogP contribution in [0.25, 0.3) is 11.1 Å². The summed E-state index contributed by atoms with van der Waals surface area (Å²) in [5.41, 5.74) is 3.45. The Morgan fingerprint density at radius 2 is 1.74 bits per heavy atom. The first kappa shape index (κ1) is 33.4. The maximum atomic E-state index is 14.1. The van der Waals surface area contributed by atoms with Gasteiger partial charge in [-0.15, -0.1) is 0 Å². The van der Waals surface area contributed by atoms with E-state index in [2.05, 4.69) is 31.3 Å². The Balaban J connectivity index is 1.66. The molecule has 0 spiro atoms. The largest absolute Gasteiger partial charge is 0.481 e. The number of β-amino-alcohol motifs (C(OH)–C–C–N with tert-alkyl or cyclic N) is 1. The molecule has 0 aromatic heterocycles. The number of halogens is 1. The molecule has 1 atom stereocenters. The number of rotatable bonds is 16. The van der Waals surface area contributed by atoms with Gasteiger partial charge in [-0.05, 0) is 98.0 Å². The lowest BCUT2D eigenvalue weighted by molar-refractivity contribution is -0.136. The summed E-state index contributed by atoms with van der Waals surface area (Å²) >= 11 is 0. The van der Waals surface area contributed by atoms with Gasteiger partial charge in [-0.1, -0.05) is 49.4 Å². The normalized spacial score (nSPS) is 12.9. The summed E-state index contributed by atoms with van der Waals surface area (Å²) in [4.78, 5) is 11.2. The molecule has 0 radical (unpaired) electrons. The molecule has 0 fully saturated rings. The molecule has 3 aromatic carbocycles. The number of aliphatic carboxylic acids is 1. The first-order chi connectivity index (χ1) is 19.8. The van der Waals surface area contributed by atoms with Gasteiger partial charge in [0.05, 0.1) is 11.0 Å². The van der Waals surface area contributed by atoms with Gasteiger partial charge in [0.1, 0.15) is 5.82 Å². The highest BCUT2D eigenvalue weighted by atomic mass is 32.2. The van der Waals surface area contributed by atoms with E-state index in [1.165, 1.54) is 30.8 Å². The molecule has 0 heterocycles. The van der Waals surface area contributed by atoms with Gasteiger partial charge in [-0.2, -0.15) is 4.31 Å². The summed E-state index contributed by atoms with van der Waals surface area (Å²) in [6.45, 7) is 6.16. The van der Waals surface area contributed by atoms with E-state index in [4.69, 9.17) is 5.11 Å². The maximum absolute atomic E-state index is 14.1. The van der Waals surface area contributed by atoms with Gasteiger partial charge in [-0.25, -0.2) is 12.8 Å². The van der Waals surface area contributed by atoms with Crippen LogP contribution in [-0.4, -0.2) is 60.7 Å². The minimum Gasteiger partial charge on any atom is -0.481 e. The summed E-state index contributed by atoms with van der Waals surface area (Å²) in [5, 5.41) is 23.2. The molecule has 0 bridgehead atoms. The number of hydrogen-bond donors (Lipinski definition) is 3. The molecule has 7 nitrogen and oxygen atoms in total. The highest BCUT2D eigenvalue weighted by Crippen LogP contribution is 2.30. The van der Waals surface area contributed by atoms with Crippen molar-refractivity contribution < 1.29 is 27.8 Å². The van der Waals surface area contributed by atoms with Crippen LogP contribution in [0, 0.1) is 5.82 Å². The lowest BCUT2D eigenvalue weighted by Crippen LogP contribution is -2.46. The molecule has 0 saturated heterocycles. The van der Waals surface area contributed by atoms with Crippen LogP contribution in [0.1, 0.15) is 56.7 Å². The van der Waals surface area contributed by atoms with Gasteiger partial charge in [0.25, 0.3) is 0 Å². The van der Waals surface area contributed by atoms with Crippen molar-refractivity contribution in [1.29, 1.82) is 0 Å². The van der Waals surface area contributed by atoms with Gasteiger partial charge in [0, 0.05) is 32.1 Å². The fourth-order valence-electron chi connectivity index (χ4n) is 5.04. The number of carbonyl (C=O) groups is 1. The Morgan fingerprint density at radius 3 is 2.40 bits per heavy atom. The van der Waals surface area contributed by atoms with Crippen LogP contribution >= 0.6 is 0 Å². The van der Waals surface area contributed by atoms with E-state index in [9.17, 15) is 22.7 Å². The first-order valence-corrected chi connectivity index (χ1v) is 15.8. The molecule has 0 amide bonds. The summed E-state index contributed by atoms with van der Waals surface area (Å²) in [6.07, 6.45) is 2.49. The van der Waals surface area contributed by atoms with Gasteiger partial charge in [0.15, 0.2) is 0 Å². The van der Waals surface area contributed by atoms with E-state index in [1.807, 2.05) is 25.1 Å². The molecule has 42 heavy (non-hydrogen) atoms. The highest BCUT2D eigenvalue weighted by Gasteiger charge is 2.27. The van der Waals surface area contributed by atoms with Crippen molar-refractivity contribution in [3.05, 3.63) is 89.2 Å². The molecule has 9 heteroatoms. The highest BCUT2D eigenvalue weighted by molar-refractivity contribution is 7.89. The Bertz CT molecular complexity index is 1440. The SMILES string of the molecule is CCc1cc(-c2cc(F)ccc2CCC(=O)O)ccc1S(=O)(=O)N(C)CC(O)CNC(C)(C)CCCc1ccccc1. The average Bonchev–Trinajstić information content (AvgIpc) is 2.95. The van der Waals surface area contributed by atoms with Crippen molar-refractivity contribution in [3.8, 4) is 11.1 Å². The lowest BCUT2D eigenvalue weighted by Gasteiger charge is -2.29. The molecule has 3 rings (SSSR count). The second-order valence-corrected chi connectivity index (χ2v) is 13.4. The molecule has 0 aliphatic carbocycles. The molecule has 0 saturated carbocycles. The van der Waals surface area contributed by atoms with Crippen molar-refractivity contribution in [3.63, 3.8) is 0 Å². The van der Waals surface area contributed by atoms with Crippen molar-refractivity contribution in [2.24, 2.45) is 0 Å². The predicted octanol–water partition coefficient (Wildman–Crippen LogP) is 5.44. The van der Waals surface area contributed by atoms with Crippen molar-refractivity contribution >= 4 is 16.0 Å². The number of aryl methyl sites for hydroxylation is 3. The van der Waals surface area contributed by atoms with Gasteiger partial charge < -0.3 is 15.5 Å². The Labute approximate surface area is 249 Å². The third-order valence-corrected chi connectivity index (χ3v) is 9.44. The van der Waals surface area contributed by atoms with Crippen LogP contribution in [0.4, 0.5) is 4.39 Å². The number of nitrogens with zero attached hydrogens (tertiary/aromatic N) is 1. The minimum absolute atomic E-state index is 0.0798. The number of aliphatic hydroxyl groups is 1. The van der Waals surface area contributed by atoms with Gasteiger partial charge >= 0.3 is 5.97 Å². The van der Waals surface area contributed by atoms with Crippen molar-refractivity contribution in [2.45, 2.75) is 75.8 Å². The lowest BCUT2D eigenvalue weighted by atomic mass is 9.95. The van der Waals surface area contributed by atoms with Crippen LogP contribution in [-0.2, 0) is 34.1 Å². The molecule has 228 valence electrons. The molecular weight excluding hydrogens is 555 g/mol. The van der Waals surface area contributed by atoms with Crippen molar-refractivity contribution in [2.75, 3.05) is 20.1 Å². The molecule has 0 aliphatic rings. The van der Waals surface area contributed by atoms with E-state index in [0.29, 0.717) is 28.7 Å².